The molecule has 1 amide bonds. The summed E-state index contributed by atoms with van der Waals surface area (Å²) in [6.45, 7) is 2.19. The number of aliphatic hydroxyl groups is 1. The third-order valence-corrected chi connectivity index (χ3v) is 4.58. The van der Waals surface area contributed by atoms with Gasteiger partial charge in [-0.2, -0.15) is 0 Å². The van der Waals surface area contributed by atoms with Crippen LogP contribution in [-0.2, 0) is 4.79 Å². The highest BCUT2D eigenvalue weighted by Gasteiger charge is 2.26. The number of amides is 1. The molecular weight excluding hydrogens is 358 g/mol. The summed E-state index contributed by atoms with van der Waals surface area (Å²) in [5.74, 6) is 0.544. The lowest BCUT2D eigenvalue weighted by Gasteiger charge is -2.19. The zero-order valence-electron chi connectivity index (χ0n) is 11.8. The number of hydrogen-bond donors (Lipinski definition) is 2. The van der Waals surface area contributed by atoms with Gasteiger partial charge in [-0.25, -0.2) is 0 Å². The molecule has 2 rings (SSSR count). The highest BCUT2D eigenvalue weighted by atomic mass is 79.9. The minimum absolute atomic E-state index is 0.156. The zero-order valence-corrected chi connectivity index (χ0v) is 14.2. The molecule has 2 N–H and O–H groups in total. The van der Waals surface area contributed by atoms with Gasteiger partial charge in [0, 0.05) is 17.5 Å². The first-order valence-electron chi connectivity index (χ1n) is 7.05. The van der Waals surface area contributed by atoms with Gasteiger partial charge in [0.05, 0.1) is 10.6 Å². The number of halogens is 2. The van der Waals surface area contributed by atoms with E-state index in [0.717, 1.165) is 19.3 Å². The minimum atomic E-state index is -0.610. The van der Waals surface area contributed by atoms with E-state index in [2.05, 4.69) is 21.2 Å². The quantitative estimate of drug-likeness (QED) is 0.830. The average molecular weight is 377 g/mol. The van der Waals surface area contributed by atoms with E-state index >= 15 is 0 Å². The molecule has 4 nitrogen and oxygen atoms in total. The number of aliphatic hydroxyl groups excluding tert-OH is 1. The van der Waals surface area contributed by atoms with Crippen LogP contribution in [0.25, 0.3) is 0 Å². The summed E-state index contributed by atoms with van der Waals surface area (Å²) in [6, 6.07) is 5.15. The molecule has 0 heterocycles. The van der Waals surface area contributed by atoms with Crippen LogP contribution < -0.4 is 10.1 Å². The van der Waals surface area contributed by atoms with E-state index in [9.17, 15) is 9.90 Å². The Morgan fingerprint density at radius 3 is 2.95 bits per heavy atom. The first kappa shape index (κ1) is 16.6. The summed E-state index contributed by atoms with van der Waals surface area (Å²) in [5.41, 5.74) is 0. The van der Waals surface area contributed by atoms with Crippen LogP contribution in [-0.4, -0.2) is 29.8 Å². The van der Waals surface area contributed by atoms with Crippen LogP contribution in [0.4, 0.5) is 0 Å². The number of ether oxygens (including phenoxy) is 1. The first-order valence-corrected chi connectivity index (χ1v) is 8.22. The normalized spacial score (nSPS) is 22.9. The van der Waals surface area contributed by atoms with Gasteiger partial charge in [0.25, 0.3) is 5.91 Å². The van der Waals surface area contributed by atoms with Crippen molar-refractivity contribution in [3.8, 4) is 5.75 Å². The second-order valence-corrected chi connectivity index (χ2v) is 6.63. The standard InChI is InChI=1S/C15H19BrClNO3/c1-9(21-14-6-5-11(17)7-12(14)16)15(20)18-8-10-3-2-4-13(10)19/h5-7,9-10,13,19H,2-4,8H2,1H3,(H,18,20). The van der Waals surface area contributed by atoms with Gasteiger partial charge in [0.1, 0.15) is 5.75 Å². The lowest BCUT2D eigenvalue weighted by atomic mass is 10.1. The maximum atomic E-state index is 12.0. The Morgan fingerprint density at radius 1 is 1.57 bits per heavy atom. The number of hydrogen-bond acceptors (Lipinski definition) is 3. The molecule has 1 aromatic rings. The molecule has 1 aromatic carbocycles. The van der Waals surface area contributed by atoms with E-state index in [4.69, 9.17) is 16.3 Å². The number of carbonyl (C=O) groups excluding carboxylic acids is 1. The molecule has 0 saturated heterocycles. The summed E-state index contributed by atoms with van der Waals surface area (Å²) in [4.78, 5) is 12.0. The second kappa shape index (κ2) is 7.47. The third-order valence-electron chi connectivity index (χ3n) is 3.72. The zero-order chi connectivity index (χ0) is 15.4. The van der Waals surface area contributed by atoms with E-state index in [1.807, 2.05) is 0 Å². The van der Waals surface area contributed by atoms with Crippen LogP contribution in [0, 0.1) is 5.92 Å². The molecule has 0 aromatic heterocycles. The fourth-order valence-corrected chi connectivity index (χ4v) is 3.22. The molecular formula is C15H19BrClNO3. The van der Waals surface area contributed by atoms with Crippen molar-refractivity contribution in [1.29, 1.82) is 0 Å². The largest absolute Gasteiger partial charge is 0.480 e. The lowest BCUT2D eigenvalue weighted by Crippen LogP contribution is -2.40. The monoisotopic (exact) mass is 375 g/mol. The van der Waals surface area contributed by atoms with Crippen molar-refractivity contribution < 1.29 is 14.6 Å². The Labute approximate surface area is 138 Å². The van der Waals surface area contributed by atoms with Crippen LogP contribution >= 0.6 is 27.5 Å². The molecule has 21 heavy (non-hydrogen) atoms. The van der Waals surface area contributed by atoms with Crippen LogP contribution in [0.2, 0.25) is 5.02 Å². The summed E-state index contributed by atoms with van der Waals surface area (Å²) in [7, 11) is 0. The molecule has 0 radical (unpaired) electrons. The summed E-state index contributed by atoms with van der Waals surface area (Å²) in [5, 5.41) is 13.2. The number of rotatable bonds is 5. The summed E-state index contributed by atoms with van der Waals surface area (Å²) >= 11 is 9.21. The van der Waals surface area contributed by atoms with Gasteiger partial charge in [-0.05, 0) is 53.9 Å². The molecule has 116 valence electrons. The Bertz CT molecular complexity index is 512. The second-order valence-electron chi connectivity index (χ2n) is 5.34. The van der Waals surface area contributed by atoms with Crippen LogP contribution in [0.1, 0.15) is 26.2 Å². The predicted molar refractivity (Wildman–Crippen MR) is 85.6 cm³/mol. The molecule has 0 spiro atoms. The van der Waals surface area contributed by atoms with E-state index in [0.29, 0.717) is 21.8 Å². The number of carbonyl (C=O) groups is 1. The van der Waals surface area contributed by atoms with Gasteiger partial charge in [0.2, 0.25) is 0 Å². The van der Waals surface area contributed by atoms with E-state index in [1.165, 1.54) is 0 Å². The number of benzene rings is 1. The van der Waals surface area contributed by atoms with Gasteiger partial charge in [0.15, 0.2) is 6.10 Å². The molecule has 3 atom stereocenters. The van der Waals surface area contributed by atoms with E-state index in [1.54, 1.807) is 25.1 Å². The van der Waals surface area contributed by atoms with Crippen LogP contribution in [0.3, 0.4) is 0 Å². The minimum Gasteiger partial charge on any atom is -0.480 e. The molecule has 6 heteroatoms. The molecule has 1 aliphatic carbocycles. The van der Waals surface area contributed by atoms with Crippen LogP contribution in [0.15, 0.2) is 22.7 Å². The Balaban J connectivity index is 1.84. The topological polar surface area (TPSA) is 58.6 Å². The molecule has 0 aliphatic heterocycles. The molecule has 1 aliphatic rings. The van der Waals surface area contributed by atoms with Crippen molar-refractivity contribution in [2.45, 2.75) is 38.4 Å². The van der Waals surface area contributed by atoms with Crippen molar-refractivity contribution >= 4 is 33.4 Å². The highest BCUT2D eigenvalue weighted by molar-refractivity contribution is 9.10. The maximum Gasteiger partial charge on any atom is 0.260 e. The van der Waals surface area contributed by atoms with E-state index < -0.39 is 6.10 Å². The van der Waals surface area contributed by atoms with Gasteiger partial charge < -0.3 is 15.2 Å². The summed E-state index contributed by atoms with van der Waals surface area (Å²) < 4.78 is 6.33. The van der Waals surface area contributed by atoms with Gasteiger partial charge in [-0.3, -0.25) is 4.79 Å². The Morgan fingerprint density at radius 2 is 2.33 bits per heavy atom. The molecule has 1 saturated carbocycles. The average Bonchev–Trinajstić information content (AvgIpc) is 2.84. The Hall–Kier alpha value is -0.780. The SMILES string of the molecule is CC(Oc1ccc(Cl)cc1Br)C(=O)NCC1CCCC1O. The fourth-order valence-electron chi connectivity index (χ4n) is 2.45. The smallest absolute Gasteiger partial charge is 0.260 e. The van der Waals surface area contributed by atoms with Crippen molar-refractivity contribution in [2.75, 3.05) is 6.54 Å². The molecule has 1 fully saturated rings. The maximum absolute atomic E-state index is 12.0. The van der Waals surface area contributed by atoms with Crippen molar-refractivity contribution in [1.82, 2.24) is 5.32 Å². The number of nitrogens with one attached hydrogen (secondary N) is 1. The third kappa shape index (κ3) is 4.59. The van der Waals surface area contributed by atoms with Crippen LogP contribution in [0.5, 0.6) is 5.75 Å². The fraction of sp³-hybridized carbons (Fsp3) is 0.533. The Kier molecular flexibility index (Phi) is 5.90. The first-order chi connectivity index (χ1) is 9.97. The molecule has 0 bridgehead atoms. The van der Waals surface area contributed by atoms with Gasteiger partial charge in [-0.1, -0.05) is 18.0 Å². The van der Waals surface area contributed by atoms with Gasteiger partial charge >= 0.3 is 0 Å². The van der Waals surface area contributed by atoms with Gasteiger partial charge in [-0.15, -0.1) is 0 Å². The highest BCUT2D eigenvalue weighted by Crippen LogP contribution is 2.29. The van der Waals surface area contributed by atoms with Crippen molar-refractivity contribution in [3.05, 3.63) is 27.7 Å². The van der Waals surface area contributed by atoms with E-state index in [-0.39, 0.29) is 17.9 Å². The predicted octanol–water partition coefficient (Wildman–Crippen LogP) is 3.15. The van der Waals surface area contributed by atoms with Crippen molar-refractivity contribution in [3.63, 3.8) is 0 Å². The molecule has 3 unspecified atom stereocenters. The van der Waals surface area contributed by atoms with Crippen molar-refractivity contribution in [2.24, 2.45) is 5.92 Å². The summed E-state index contributed by atoms with van der Waals surface area (Å²) in [6.07, 6.45) is 1.89. The lowest BCUT2D eigenvalue weighted by molar-refractivity contribution is -0.127.